The number of benzene rings is 2. The monoisotopic (exact) mass is 686 g/mol. The van der Waals surface area contributed by atoms with Gasteiger partial charge in [-0.3, -0.25) is 4.84 Å². The highest BCUT2D eigenvalue weighted by molar-refractivity contribution is 7.90. The maximum atomic E-state index is 13.5. The molecule has 0 fully saturated rings. The lowest BCUT2D eigenvalue weighted by atomic mass is 10.1. The number of aryl methyl sites for hydroxylation is 1. The van der Waals surface area contributed by atoms with E-state index in [2.05, 4.69) is 10.4 Å². The normalized spacial score (nSPS) is 13.0. The number of hydrogen-bond acceptors (Lipinski definition) is 11. The Morgan fingerprint density at radius 3 is 2.30 bits per heavy atom. The highest BCUT2D eigenvalue weighted by atomic mass is 32.2. The van der Waals surface area contributed by atoms with Crippen LogP contribution in [0.5, 0.6) is 0 Å². The van der Waals surface area contributed by atoms with Crippen molar-refractivity contribution in [2.24, 2.45) is 5.28 Å². The maximum absolute atomic E-state index is 13.5. The number of alkyl halides is 3. The fourth-order valence-electron chi connectivity index (χ4n) is 3.57. The van der Waals surface area contributed by atoms with Crippen molar-refractivity contribution in [3.63, 3.8) is 0 Å². The Labute approximate surface area is 268 Å². The molecule has 47 heavy (non-hydrogen) atoms. The Morgan fingerprint density at radius 2 is 1.72 bits per heavy atom. The van der Waals surface area contributed by atoms with Gasteiger partial charge < -0.3 is 19.4 Å². The zero-order valence-electron chi connectivity index (χ0n) is 26.1. The van der Waals surface area contributed by atoms with E-state index in [1.165, 1.54) is 26.1 Å². The molecule has 0 saturated carbocycles. The second kappa shape index (κ2) is 14.6. The van der Waals surface area contributed by atoms with Crippen LogP contribution in [0.25, 0.3) is 16.9 Å². The van der Waals surface area contributed by atoms with Crippen LogP contribution in [0.3, 0.4) is 0 Å². The number of carbonyl (C=O) groups excluding carboxylic acids is 2. The van der Waals surface area contributed by atoms with Gasteiger partial charge in [0.05, 0.1) is 28.3 Å². The minimum absolute atomic E-state index is 0.0317. The van der Waals surface area contributed by atoms with Gasteiger partial charge in [0.1, 0.15) is 18.8 Å². The predicted molar refractivity (Wildman–Crippen MR) is 157 cm³/mol. The Balaban J connectivity index is 1.58. The van der Waals surface area contributed by atoms with E-state index in [0.717, 1.165) is 33.5 Å². The molecular weight excluding hydrogens is 653 g/mol. The van der Waals surface area contributed by atoms with Crippen molar-refractivity contribution in [3.8, 4) is 16.9 Å². The lowest BCUT2D eigenvalue weighted by Gasteiger charge is -2.20. The van der Waals surface area contributed by atoms with Gasteiger partial charge in [-0.15, -0.1) is 5.01 Å². The van der Waals surface area contributed by atoms with Crippen molar-refractivity contribution in [1.29, 1.82) is 0 Å². The van der Waals surface area contributed by atoms with Crippen molar-refractivity contribution >= 4 is 22.3 Å². The number of amides is 1. The zero-order chi connectivity index (χ0) is 35.2. The SMILES string of the molecule is Cc1ccc(-c2cc(C(F)(F)F)nn2-c2ccc(S(=O)(=O)NC(=O)OCCN(C)[N+]([O-])=NOC(C)OC(=O)OC(C)(C)C)cc2)cc1. The van der Waals surface area contributed by atoms with E-state index in [9.17, 15) is 36.4 Å². The van der Waals surface area contributed by atoms with Crippen LogP contribution in [0.4, 0.5) is 22.8 Å². The third kappa shape index (κ3) is 10.8. The first kappa shape index (κ1) is 36.4. The minimum atomic E-state index is -4.72. The average Bonchev–Trinajstić information content (AvgIpc) is 3.41. The highest BCUT2D eigenvalue weighted by Gasteiger charge is 2.35. The van der Waals surface area contributed by atoms with E-state index < -0.39 is 52.6 Å². The third-order valence-electron chi connectivity index (χ3n) is 5.81. The van der Waals surface area contributed by atoms with Gasteiger partial charge in [-0.1, -0.05) is 29.8 Å². The fourth-order valence-corrected chi connectivity index (χ4v) is 4.46. The second-order valence-corrected chi connectivity index (χ2v) is 12.6. The molecule has 2 aromatic carbocycles. The molecular formula is C28H33F3N6O9S. The summed E-state index contributed by atoms with van der Waals surface area (Å²) < 4.78 is 83.2. The van der Waals surface area contributed by atoms with Gasteiger partial charge in [-0.05, 0) is 58.0 Å². The molecule has 1 heterocycles. The summed E-state index contributed by atoms with van der Waals surface area (Å²) in [5.41, 5.74) is -0.344. The molecule has 1 unspecified atom stereocenters. The fraction of sp³-hybridized carbons (Fsp3) is 0.393. The van der Waals surface area contributed by atoms with E-state index in [1.54, 1.807) is 49.8 Å². The number of sulfonamides is 1. The van der Waals surface area contributed by atoms with Gasteiger partial charge in [0.15, 0.2) is 5.69 Å². The molecule has 0 aliphatic rings. The van der Waals surface area contributed by atoms with E-state index in [0.29, 0.717) is 5.56 Å². The molecule has 0 radical (unpaired) electrons. The number of rotatable bonds is 11. The van der Waals surface area contributed by atoms with Crippen molar-refractivity contribution in [2.45, 2.75) is 57.6 Å². The Bertz CT molecular complexity index is 1690. The molecule has 3 aromatic rings. The molecule has 0 saturated heterocycles. The van der Waals surface area contributed by atoms with E-state index in [4.69, 9.17) is 19.0 Å². The van der Waals surface area contributed by atoms with Crippen LogP contribution in [-0.4, -0.2) is 72.5 Å². The number of carbonyl (C=O) groups is 2. The molecule has 1 N–H and O–H groups in total. The summed E-state index contributed by atoms with van der Waals surface area (Å²) >= 11 is 0. The minimum Gasteiger partial charge on any atom is -0.569 e. The number of nitrogens with one attached hydrogen (secondary N) is 1. The zero-order valence-corrected chi connectivity index (χ0v) is 27.0. The molecule has 3 rings (SSSR count). The van der Waals surface area contributed by atoms with Crippen LogP contribution in [0.15, 0.2) is 64.8 Å². The molecule has 1 aromatic heterocycles. The van der Waals surface area contributed by atoms with Gasteiger partial charge in [-0.2, -0.15) is 18.3 Å². The van der Waals surface area contributed by atoms with Gasteiger partial charge >= 0.3 is 18.4 Å². The van der Waals surface area contributed by atoms with Crippen LogP contribution >= 0.6 is 0 Å². The molecule has 1 amide bonds. The van der Waals surface area contributed by atoms with E-state index in [-0.39, 0.29) is 27.8 Å². The van der Waals surface area contributed by atoms with E-state index >= 15 is 0 Å². The summed E-state index contributed by atoms with van der Waals surface area (Å²) in [6.07, 6.45) is -8.40. The van der Waals surface area contributed by atoms with Crippen LogP contribution in [0, 0.1) is 12.1 Å². The molecule has 256 valence electrons. The van der Waals surface area contributed by atoms with Gasteiger partial charge in [0.25, 0.3) is 16.3 Å². The topological polar surface area (TPSA) is 177 Å². The summed E-state index contributed by atoms with van der Waals surface area (Å²) in [6.45, 7) is 7.27. The van der Waals surface area contributed by atoms with Crippen LogP contribution < -0.4 is 4.72 Å². The van der Waals surface area contributed by atoms with Gasteiger partial charge in [0, 0.05) is 12.5 Å². The summed E-state index contributed by atoms with van der Waals surface area (Å²) in [6, 6.07) is 12.2. The first-order chi connectivity index (χ1) is 21.7. The molecule has 19 heteroatoms. The number of likely N-dealkylation sites (N-methyl/N-ethyl adjacent to an activating group) is 1. The Hall–Kier alpha value is -5.07. The summed E-state index contributed by atoms with van der Waals surface area (Å²) in [4.78, 5) is 28.1. The molecule has 1 atom stereocenters. The largest absolute Gasteiger partial charge is 0.569 e. The Morgan fingerprint density at radius 1 is 1.11 bits per heavy atom. The smallest absolute Gasteiger partial charge is 0.511 e. The standard InChI is InChI=1S/C28H33F3N6O9S/c1-18-7-9-20(10-8-18)23-17-24(28(29,30)31)32-36(23)21-11-13-22(14-12-21)47(41,42)33-25(38)43-16-15-35(6)37(40)34-46-19(2)44-26(39)45-27(3,4)5/h7-14,17,19H,15-16H2,1-6H3,(H,33,38). The number of ether oxygens (including phenoxy) is 3. The lowest BCUT2D eigenvalue weighted by Crippen LogP contribution is -2.35. The van der Waals surface area contributed by atoms with Crippen LogP contribution in [-0.2, 0) is 35.2 Å². The third-order valence-corrected chi connectivity index (χ3v) is 7.14. The first-order valence-electron chi connectivity index (χ1n) is 13.7. The van der Waals surface area contributed by atoms with Crippen LogP contribution in [0.2, 0.25) is 0 Å². The van der Waals surface area contributed by atoms with Crippen molar-refractivity contribution in [3.05, 3.63) is 71.1 Å². The number of hydrazine groups is 1. The van der Waals surface area contributed by atoms with Gasteiger partial charge in [-0.25, -0.2) is 27.4 Å². The second-order valence-electron chi connectivity index (χ2n) is 10.9. The van der Waals surface area contributed by atoms with Crippen molar-refractivity contribution < 1.29 is 55.2 Å². The molecule has 0 aliphatic heterocycles. The number of hydrogen-bond donors (Lipinski definition) is 1. The Kier molecular flexibility index (Phi) is 11.3. The number of nitrogens with zero attached hydrogens (tertiary/aromatic N) is 5. The molecule has 15 nitrogen and oxygen atoms in total. The average molecular weight is 687 g/mol. The van der Waals surface area contributed by atoms with Crippen LogP contribution in [0.1, 0.15) is 39.0 Å². The predicted octanol–water partition coefficient (Wildman–Crippen LogP) is 5.32. The molecule has 0 spiro atoms. The summed E-state index contributed by atoms with van der Waals surface area (Å²) in [5, 5.41) is 19.8. The highest BCUT2D eigenvalue weighted by Crippen LogP contribution is 2.33. The van der Waals surface area contributed by atoms with Crippen molar-refractivity contribution in [2.75, 3.05) is 20.2 Å². The first-order valence-corrected chi connectivity index (χ1v) is 15.2. The lowest BCUT2D eigenvalue weighted by molar-refractivity contribution is -0.707. The quantitative estimate of drug-likeness (QED) is 0.0908. The summed E-state index contributed by atoms with van der Waals surface area (Å²) in [5.74, 6) is 0. The molecule has 0 aliphatic carbocycles. The number of aromatic nitrogens is 2. The van der Waals surface area contributed by atoms with E-state index in [1.807, 2.05) is 6.92 Å². The maximum Gasteiger partial charge on any atom is 0.511 e. The van der Waals surface area contributed by atoms with Gasteiger partial charge in [0.2, 0.25) is 5.28 Å². The molecule has 0 bridgehead atoms. The number of halogens is 3. The summed E-state index contributed by atoms with van der Waals surface area (Å²) in [7, 11) is -3.21. The van der Waals surface area contributed by atoms with Crippen molar-refractivity contribution in [1.82, 2.24) is 19.5 Å².